The van der Waals surface area contributed by atoms with Gasteiger partial charge in [0.15, 0.2) is 0 Å². The molecule has 0 unspecified atom stereocenters. The molecule has 1 fully saturated rings. The molecule has 5 heteroatoms. The van der Waals surface area contributed by atoms with E-state index < -0.39 is 0 Å². The van der Waals surface area contributed by atoms with Crippen molar-refractivity contribution in [2.75, 3.05) is 19.7 Å². The van der Waals surface area contributed by atoms with Gasteiger partial charge in [-0.05, 0) is 60.1 Å². The first-order valence-electron chi connectivity index (χ1n) is 12.2. The Morgan fingerprint density at radius 2 is 1.81 bits per heavy atom. The number of piperidine rings is 1. The third kappa shape index (κ3) is 4.38. The Morgan fingerprint density at radius 1 is 1.16 bits per heavy atom. The molecule has 4 rings (SSSR count). The van der Waals surface area contributed by atoms with E-state index in [0.29, 0.717) is 12.3 Å². The van der Waals surface area contributed by atoms with Crippen molar-refractivity contribution < 1.29 is 9.90 Å². The summed E-state index contributed by atoms with van der Waals surface area (Å²) >= 11 is 1.76. The van der Waals surface area contributed by atoms with Crippen LogP contribution in [0.5, 0.6) is 0 Å². The Morgan fingerprint density at radius 3 is 2.44 bits per heavy atom. The largest absolute Gasteiger partial charge is 0.396 e. The summed E-state index contributed by atoms with van der Waals surface area (Å²) in [5.41, 5.74) is 5.69. The zero-order valence-corrected chi connectivity index (χ0v) is 21.1. The molecule has 0 radical (unpaired) electrons. The third-order valence-corrected chi connectivity index (χ3v) is 8.90. The van der Waals surface area contributed by atoms with Crippen LogP contribution in [0.4, 0.5) is 0 Å². The van der Waals surface area contributed by atoms with Crippen LogP contribution in [0, 0.1) is 5.92 Å². The van der Waals surface area contributed by atoms with E-state index >= 15 is 0 Å². The first kappa shape index (κ1) is 23.4. The lowest BCUT2D eigenvalue weighted by Gasteiger charge is -2.42. The molecule has 1 amide bonds. The molecule has 0 spiro atoms. The molecule has 0 saturated carbocycles. The molecule has 1 saturated heterocycles. The number of benzene rings is 1. The molecule has 1 atom stereocenters. The second-order valence-corrected chi connectivity index (χ2v) is 11.9. The van der Waals surface area contributed by atoms with Gasteiger partial charge in [0, 0.05) is 30.0 Å². The molecule has 2 aromatic rings. The number of hydrogen-bond acceptors (Lipinski definition) is 4. The van der Waals surface area contributed by atoms with Crippen LogP contribution in [0.3, 0.4) is 0 Å². The molecule has 2 aliphatic rings. The van der Waals surface area contributed by atoms with E-state index in [2.05, 4.69) is 51.3 Å². The van der Waals surface area contributed by atoms with Gasteiger partial charge in [-0.3, -0.25) is 4.79 Å². The van der Waals surface area contributed by atoms with Crippen LogP contribution < -0.4 is 0 Å². The second kappa shape index (κ2) is 8.90. The van der Waals surface area contributed by atoms with Crippen molar-refractivity contribution in [1.82, 2.24) is 9.88 Å². The Hall–Kier alpha value is -1.72. The fourth-order valence-corrected chi connectivity index (χ4v) is 6.34. The monoisotopic (exact) mass is 454 g/mol. The maximum atomic E-state index is 12.6. The molecule has 1 aliphatic carbocycles. The van der Waals surface area contributed by atoms with Gasteiger partial charge in [-0.2, -0.15) is 0 Å². The number of fused-ring (bicyclic) bond motifs is 1. The Balaban J connectivity index is 1.49. The SMILES string of the molecule is CC[C@@H](CO)C(=O)N1CCC(c2nc(-c3ccc4c(c3)C(C)(C)CCC4(C)C)cs2)CC1. The minimum absolute atomic E-state index is 0.0557. The number of amides is 1. The molecule has 1 aliphatic heterocycles. The molecule has 1 N–H and O–H groups in total. The maximum absolute atomic E-state index is 12.6. The summed E-state index contributed by atoms with van der Waals surface area (Å²) in [6.45, 7) is 12.9. The van der Waals surface area contributed by atoms with E-state index in [-0.39, 0.29) is 29.3 Å². The van der Waals surface area contributed by atoms with Gasteiger partial charge in [0.1, 0.15) is 0 Å². The number of likely N-dealkylation sites (tertiary alicyclic amines) is 1. The molecule has 174 valence electrons. The number of hydrogen-bond donors (Lipinski definition) is 1. The summed E-state index contributed by atoms with van der Waals surface area (Å²) in [5, 5.41) is 12.8. The highest BCUT2D eigenvalue weighted by atomic mass is 32.1. The van der Waals surface area contributed by atoms with Crippen molar-refractivity contribution in [2.24, 2.45) is 5.92 Å². The Kier molecular flexibility index (Phi) is 6.52. The average Bonchev–Trinajstić information content (AvgIpc) is 3.28. The van der Waals surface area contributed by atoms with E-state index in [1.165, 1.54) is 34.5 Å². The van der Waals surface area contributed by atoms with Crippen LogP contribution in [0.25, 0.3) is 11.3 Å². The number of nitrogens with zero attached hydrogens (tertiary/aromatic N) is 2. The first-order valence-corrected chi connectivity index (χ1v) is 13.0. The minimum Gasteiger partial charge on any atom is -0.396 e. The molecular formula is C27H38N2O2S. The highest BCUT2D eigenvalue weighted by molar-refractivity contribution is 7.10. The average molecular weight is 455 g/mol. The van der Waals surface area contributed by atoms with Crippen molar-refractivity contribution in [1.29, 1.82) is 0 Å². The van der Waals surface area contributed by atoms with Crippen LogP contribution in [-0.4, -0.2) is 40.6 Å². The van der Waals surface area contributed by atoms with E-state index in [9.17, 15) is 9.90 Å². The fraction of sp³-hybridized carbons (Fsp3) is 0.630. The van der Waals surface area contributed by atoms with E-state index in [1.807, 2.05) is 11.8 Å². The van der Waals surface area contributed by atoms with Crippen LogP contribution in [0.2, 0.25) is 0 Å². The highest BCUT2D eigenvalue weighted by Crippen LogP contribution is 2.47. The molecule has 1 aromatic heterocycles. The van der Waals surface area contributed by atoms with Crippen molar-refractivity contribution in [3.8, 4) is 11.3 Å². The van der Waals surface area contributed by atoms with Gasteiger partial charge in [0.2, 0.25) is 5.91 Å². The summed E-state index contributed by atoms with van der Waals surface area (Å²) < 4.78 is 0. The van der Waals surface area contributed by atoms with Gasteiger partial charge in [-0.15, -0.1) is 11.3 Å². The lowest BCUT2D eigenvalue weighted by molar-refractivity contribution is -0.138. The molecular weight excluding hydrogens is 416 g/mol. The van der Waals surface area contributed by atoms with Crippen LogP contribution in [0.15, 0.2) is 23.6 Å². The second-order valence-electron chi connectivity index (χ2n) is 11.0. The summed E-state index contributed by atoms with van der Waals surface area (Å²) in [6, 6.07) is 6.97. The van der Waals surface area contributed by atoms with Gasteiger partial charge in [0.25, 0.3) is 0 Å². The van der Waals surface area contributed by atoms with Gasteiger partial charge >= 0.3 is 0 Å². The van der Waals surface area contributed by atoms with E-state index in [0.717, 1.165) is 31.6 Å². The number of thiazole rings is 1. The molecule has 1 aromatic carbocycles. The highest BCUT2D eigenvalue weighted by Gasteiger charge is 2.37. The first-order chi connectivity index (χ1) is 15.2. The standard InChI is InChI=1S/C27H38N2O2S/c1-6-18(16-30)25(31)29-13-9-19(10-14-29)24-28-23(17-32-24)20-7-8-21-22(15-20)27(4,5)12-11-26(21,2)3/h7-8,15,17-19,30H,6,9-14,16H2,1-5H3/t18-/m0/s1. The zero-order chi connectivity index (χ0) is 23.1. The zero-order valence-electron chi connectivity index (χ0n) is 20.3. The van der Waals surface area contributed by atoms with Crippen molar-refractivity contribution in [2.45, 2.75) is 83.5 Å². The smallest absolute Gasteiger partial charge is 0.227 e. The van der Waals surface area contributed by atoms with Crippen LogP contribution in [0.1, 0.15) is 88.8 Å². The summed E-state index contributed by atoms with van der Waals surface area (Å²) in [5.74, 6) is 0.268. The van der Waals surface area contributed by atoms with Gasteiger partial charge < -0.3 is 10.0 Å². The van der Waals surface area contributed by atoms with Crippen molar-refractivity contribution >= 4 is 17.2 Å². The molecule has 2 heterocycles. The van der Waals surface area contributed by atoms with Gasteiger partial charge in [-0.1, -0.05) is 46.8 Å². The number of aliphatic hydroxyl groups excluding tert-OH is 1. The maximum Gasteiger partial charge on any atom is 0.227 e. The predicted molar refractivity (Wildman–Crippen MR) is 132 cm³/mol. The lowest BCUT2D eigenvalue weighted by Crippen LogP contribution is -2.42. The van der Waals surface area contributed by atoms with Crippen LogP contribution in [-0.2, 0) is 15.6 Å². The number of aromatic nitrogens is 1. The number of rotatable bonds is 5. The number of carbonyl (C=O) groups excluding carboxylic acids is 1. The fourth-order valence-electron chi connectivity index (χ4n) is 5.34. The van der Waals surface area contributed by atoms with Crippen molar-refractivity contribution in [3.63, 3.8) is 0 Å². The topological polar surface area (TPSA) is 53.4 Å². The molecule has 4 nitrogen and oxygen atoms in total. The normalized spacial score (nSPS) is 21.2. The van der Waals surface area contributed by atoms with Gasteiger partial charge in [0.05, 0.1) is 23.2 Å². The van der Waals surface area contributed by atoms with E-state index in [4.69, 9.17) is 4.98 Å². The summed E-state index contributed by atoms with van der Waals surface area (Å²) in [7, 11) is 0. The molecule has 32 heavy (non-hydrogen) atoms. The quantitative estimate of drug-likeness (QED) is 0.613. The minimum atomic E-state index is -0.253. The summed E-state index contributed by atoms with van der Waals surface area (Å²) in [4.78, 5) is 19.5. The number of carbonyl (C=O) groups is 1. The Labute approximate surface area is 197 Å². The lowest BCUT2D eigenvalue weighted by atomic mass is 9.63. The van der Waals surface area contributed by atoms with Crippen molar-refractivity contribution in [3.05, 3.63) is 39.7 Å². The van der Waals surface area contributed by atoms with Crippen LogP contribution >= 0.6 is 11.3 Å². The number of aliphatic hydroxyl groups is 1. The Bertz CT molecular complexity index is 966. The van der Waals surface area contributed by atoms with E-state index in [1.54, 1.807) is 11.3 Å². The third-order valence-electron chi connectivity index (χ3n) is 7.89. The van der Waals surface area contributed by atoms with Gasteiger partial charge in [-0.25, -0.2) is 4.98 Å². The predicted octanol–water partition coefficient (Wildman–Crippen LogP) is 5.88. The molecule has 0 bridgehead atoms. The summed E-state index contributed by atoms with van der Waals surface area (Å²) in [6.07, 6.45) is 5.04.